The number of carboxylic acid groups (broad SMARTS) is 1. The molecule has 34 heavy (non-hydrogen) atoms. The number of rotatable bonds is 19. The first-order valence-corrected chi connectivity index (χ1v) is 14.5. The quantitative estimate of drug-likeness (QED) is 0.132. The molecule has 0 rings (SSSR count). The Kier molecular flexibility index (Phi) is 18.0. The highest BCUT2D eigenvalue weighted by molar-refractivity contribution is 7.98. The van der Waals surface area contributed by atoms with Crippen LogP contribution in [-0.4, -0.2) is 83.5 Å². The summed E-state index contributed by atoms with van der Waals surface area (Å²) in [5.74, 6) is -1.43. The van der Waals surface area contributed by atoms with Crippen molar-refractivity contribution >= 4 is 47.2 Å². The number of nitrogens with two attached hydrogens (primary N) is 2. The molecule has 0 bridgehead atoms. The first-order valence-electron chi connectivity index (χ1n) is 11.7. The summed E-state index contributed by atoms with van der Waals surface area (Å²) in [6.07, 6.45) is 6.67. The number of aliphatic carboxylic acids is 1. The van der Waals surface area contributed by atoms with Crippen molar-refractivity contribution in [3.05, 3.63) is 0 Å². The zero-order valence-electron chi connectivity index (χ0n) is 20.8. The predicted octanol–water partition coefficient (Wildman–Crippen LogP) is 0.534. The van der Waals surface area contributed by atoms with E-state index in [0.29, 0.717) is 43.7 Å². The van der Waals surface area contributed by atoms with Crippen molar-refractivity contribution in [1.29, 1.82) is 0 Å². The van der Waals surface area contributed by atoms with Crippen molar-refractivity contribution < 1.29 is 24.3 Å². The summed E-state index contributed by atoms with van der Waals surface area (Å²) in [5, 5.41) is 17.4. The Morgan fingerprint density at radius 3 is 1.71 bits per heavy atom. The average Bonchev–Trinajstić information content (AvgIpc) is 2.81. The minimum absolute atomic E-state index is 0.0448. The number of nitrogens with one attached hydrogen (secondary N) is 3. The van der Waals surface area contributed by atoms with E-state index in [2.05, 4.69) is 16.0 Å². The van der Waals surface area contributed by atoms with Crippen LogP contribution in [0.5, 0.6) is 0 Å². The highest BCUT2D eigenvalue weighted by Crippen LogP contribution is 2.09. The molecule has 3 amide bonds. The fourth-order valence-corrected chi connectivity index (χ4v) is 4.03. The molecule has 5 unspecified atom stereocenters. The Morgan fingerprint density at radius 2 is 1.29 bits per heavy atom. The van der Waals surface area contributed by atoms with Gasteiger partial charge in [0.1, 0.15) is 18.1 Å². The molecule has 0 saturated heterocycles. The molecule has 0 heterocycles. The highest BCUT2D eigenvalue weighted by Gasteiger charge is 2.30. The maximum Gasteiger partial charge on any atom is 0.326 e. The summed E-state index contributed by atoms with van der Waals surface area (Å²) in [4.78, 5) is 50.1. The van der Waals surface area contributed by atoms with E-state index in [0.717, 1.165) is 6.42 Å². The predicted molar refractivity (Wildman–Crippen MR) is 140 cm³/mol. The molecule has 5 atom stereocenters. The normalized spacial score (nSPS) is 15.5. The van der Waals surface area contributed by atoms with Crippen LogP contribution in [0.25, 0.3) is 0 Å². The largest absolute Gasteiger partial charge is 0.480 e. The van der Waals surface area contributed by atoms with Crippen LogP contribution in [0.4, 0.5) is 0 Å². The van der Waals surface area contributed by atoms with Crippen LogP contribution < -0.4 is 27.4 Å². The van der Waals surface area contributed by atoms with Gasteiger partial charge in [0.05, 0.1) is 6.04 Å². The molecule has 0 aromatic rings. The van der Waals surface area contributed by atoms with E-state index >= 15 is 0 Å². The molecule has 0 spiro atoms. The van der Waals surface area contributed by atoms with E-state index in [4.69, 9.17) is 11.5 Å². The fourth-order valence-electron chi connectivity index (χ4n) is 3.08. The Bertz CT molecular complexity index is 641. The fraction of sp³-hybridized carbons (Fsp3) is 0.818. The number of unbranched alkanes of at least 4 members (excludes halogenated alkanes) is 1. The summed E-state index contributed by atoms with van der Waals surface area (Å²) in [6.45, 7) is 4.25. The van der Waals surface area contributed by atoms with Crippen molar-refractivity contribution in [2.45, 2.75) is 76.5 Å². The van der Waals surface area contributed by atoms with Crippen molar-refractivity contribution in [2.24, 2.45) is 17.4 Å². The van der Waals surface area contributed by atoms with Gasteiger partial charge in [-0.15, -0.1) is 0 Å². The molecular formula is C22H43N5O5S2. The van der Waals surface area contributed by atoms with Gasteiger partial charge in [-0.3, -0.25) is 14.4 Å². The third-order valence-corrected chi connectivity index (χ3v) is 6.90. The van der Waals surface area contributed by atoms with Gasteiger partial charge in [0.2, 0.25) is 17.7 Å². The van der Waals surface area contributed by atoms with E-state index in [9.17, 15) is 24.3 Å². The number of hydrogen-bond acceptors (Lipinski definition) is 8. The van der Waals surface area contributed by atoms with Crippen LogP contribution in [-0.2, 0) is 19.2 Å². The summed E-state index contributed by atoms with van der Waals surface area (Å²) in [5.41, 5.74) is 11.5. The van der Waals surface area contributed by atoms with Gasteiger partial charge in [-0.05, 0) is 68.6 Å². The maximum absolute atomic E-state index is 13.1. The van der Waals surface area contributed by atoms with Gasteiger partial charge < -0.3 is 32.5 Å². The molecule has 0 saturated carbocycles. The summed E-state index contributed by atoms with van der Waals surface area (Å²) in [6, 6.07) is -3.57. The first kappa shape index (κ1) is 32.5. The van der Waals surface area contributed by atoms with E-state index in [-0.39, 0.29) is 12.3 Å². The molecular weight excluding hydrogens is 478 g/mol. The summed E-state index contributed by atoms with van der Waals surface area (Å²) in [7, 11) is 0. The van der Waals surface area contributed by atoms with Gasteiger partial charge in [0.15, 0.2) is 0 Å². The van der Waals surface area contributed by atoms with Crippen molar-refractivity contribution in [3.63, 3.8) is 0 Å². The molecule has 0 aliphatic heterocycles. The third-order valence-electron chi connectivity index (χ3n) is 5.61. The minimum Gasteiger partial charge on any atom is -0.480 e. The average molecular weight is 522 g/mol. The van der Waals surface area contributed by atoms with Crippen molar-refractivity contribution in [1.82, 2.24) is 16.0 Å². The number of hydrogen-bond donors (Lipinski definition) is 6. The van der Waals surface area contributed by atoms with Gasteiger partial charge in [-0.1, -0.05) is 20.3 Å². The molecule has 0 radical (unpaired) electrons. The Hall–Kier alpha value is -1.50. The van der Waals surface area contributed by atoms with Gasteiger partial charge in [0.25, 0.3) is 0 Å². The van der Waals surface area contributed by atoms with Gasteiger partial charge in [-0.2, -0.15) is 23.5 Å². The van der Waals surface area contributed by atoms with Gasteiger partial charge >= 0.3 is 5.97 Å². The molecule has 0 aromatic heterocycles. The Morgan fingerprint density at radius 1 is 0.824 bits per heavy atom. The maximum atomic E-state index is 13.1. The van der Waals surface area contributed by atoms with E-state index in [1.54, 1.807) is 0 Å². The zero-order chi connectivity index (χ0) is 26.1. The van der Waals surface area contributed by atoms with Crippen LogP contribution in [0.3, 0.4) is 0 Å². The SMILES string of the molecule is CCC(C)C(N)C(=O)NC(CCSC)C(=O)NC(CCSC)C(=O)NC(CCCCN)C(=O)O. The number of amides is 3. The monoisotopic (exact) mass is 521 g/mol. The second-order valence-corrected chi connectivity index (χ2v) is 10.3. The van der Waals surface area contributed by atoms with Crippen molar-refractivity contribution in [3.8, 4) is 0 Å². The van der Waals surface area contributed by atoms with Crippen LogP contribution in [0.15, 0.2) is 0 Å². The molecule has 0 fully saturated rings. The van der Waals surface area contributed by atoms with Crippen LogP contribution >= 0.6 is 23.5 Å². The second kappa shape index (κ2) is 18.8. The number of carbonyl (C=O) groups excluding carboxylic acids is 3. The Labute approximate surface area is 211 Å². The molecule has 0 aromatic carbocycles. The standard InChI is InChI=1S/C22H43N5O5S2/c1-5-14(2)18(24)21(30)26-16(10-13-34-4)19(28)25-15(9-12-33-3)20(29)27-17(22(31)32)8-6-7-11-23/h14-18H,5-13,23-24H2,1-4H3,(H,25,28)(H,26,30)(H,27,29)(H,31,32). The van der Waals surface area contributed by atoms with E-state index in [1.165, 1.54) is 23.5 Å². The van der Waals surface area contributed by atoms with Gasteiger partial charge in [0, 0.05) is 0 Å². The van der Waals surface area contributed by atoms with Crippen LogP contribution in [0, 0.1) is 5.92 Å². The van der Waals surface area contributed by atoms with Gasteiger partial charge in [-0.25, -0.2) is 4.79 Å². The minimum atomic E-state index is -1.13. The third kappa shape index (κ3) is 12.8. The second-order valence-electron chi connectivity index (χ2n) is 8.28. The van der Waals surface area contributed by atoms with Crippen LogP contribution in [0.2, 0.25) is 0 Å². The van der Waals surface area contributed by atoms with Crippen LogP contribution in [0.1, 0.15) is 52.4 Å². The number of thioether (sulfide) groups is 2. The summed E-state index contributed by atoms with van der Waals surface area (Å²) < 4.78 is 0. The number of carboxylic acids is 1. The first-order chi connectivity index (χ1) is 16.1. The molecule has 0 aliphatic carbocycles. The Balaban J connectivity index is 5.40. The summed E-state index contributed by atoms with van der Waals surface area (Å²) >= 11 is 3.04. The van der Waals surface area contributed by atoms with E-state index < -0.39 is 47.9 Å². The molecule has 8 N–H and O–H groups in total. The zero-order valence-corrected chi connectivity index (χ0v) is 22.4. The molecule has 10 nitrogen and oxygen atoms in total. The van der Waals surface area contributed by atoms with E-state index in [1.807, 2.05) is 26.4 Å². The topological polar surface area (TPSA) is 177 Å². The molecule has 198 valence electrons. The molecule has 0 aliphatic rings. The lowest BCUT2D eigenvalue weighted by Gasteiger charge is -2.26. The number of carbonyl (C=O) groups is 4. The molecule has 12 heteroatoms. The lowest BCUT2D eigenvalue weighted by molar-refractivity contribution is -0.142. The lowest BCUT2D eigenvalue weighted by atomic mass is 9.99. The smallest absolute Gasteiger partial charge is 0.326 e. The van der Waals surface area contributed by atoms with Crippen molar-refractivity contribution in [2.75, 3.05) is 30.6 Å². The lowest BCUT2D eigenvalue weighted by Crippen LogP contribution is -2.57. The highest BCUT2D eigenvalue weighted by atomic mass is 32.2.